The van der Waals surface area contributed by atoms with Gasteiger partial charge < -0.3 is 14.7 Å². The van der Waals surface area contributed by atoms with Gasteiger partial charge >= 0.3 is 0 Å². The highest BCUT2D eigenvalue weighted by atomic mass is 79.9. The third-order valence-corrected chi connectivity index (χ3v) is 23.1. The first-order valence-corrected chi connectivity index (χ1v) is 37.5. The first-order chi connectivity index (χ1) is 49.8. The second-order valence-electron chi connectivity index (χ2n) is 30.3. The highest BCUT2D eigenvalue weighted by Crippen LogP contribution is 2.53. The van der Waals surface area contributed by atoms with Crippen LogP contribution in [0.15, 0.2) is 338 Å². The monoisotopic (exact) mass is 1400 g/mol. The first kappa shape index (κ1) is 69.6. The van der Waals surface area contributed by atoms with Gasteiger partial charge in [-0.05, 0) is 184 Å². The molecule has 0 saturated carbocycles. The molecule has 2 unspecified atom stereocenters. The van der Waals surface area contributed by atoms with Crippen molar-refractivity contribution in [1.82, 2.24) is 0 Å². The number of nitrogens with zero attached hydrogens (tertiary/aromatic N) is 3. The average molecular weight is 1410 g/mol. The molecule has 0 spiro atoms. The molecule has 2 atom stereocenters. The largest absolute Gasteiger partial charge is 0.311 e. The van der Waals surface area contributed by atoms with Crippen molar-refractivity contribution in [1.29, 1.82) is 0 Å². The fraction of sp³-hybridized carbons (Fsp3) is 0.192. The van der Waals surface area contributed by atoms with E-state index in [1.165, 1.54) is 61.2 Å². The fourth-order valence-corrected chi connectivity index (χ4v) is 15.9. The Kier molecular flexibility index (Phi) is 19.6. The van der Waals surface area contributed by atoms with Crippen molar-refractivity contribution in [3.05, 3.63) is 399 Å². The number of rotatable bonds is 22. The summed E-state index contributed by atoms with van der Waals surface area (Å²) in [7, 11) is 0. The van der Waals surface area contributed by atoms with Gasteiger partial charge in [0.25, 0.3) is 0 Å². The van der Waals surface area contributed by atoms with Crippen molar-refractivity contribution in [2.75, 3.05) is 14.7 Å². The standard InChI is InChI=1S/C99H94BrN3/c1-12-71(73-38-52-82(100)53-39-73)68-70(3)72-40-56-84(57-41-72)101(83-54-36-69(2)37-55-83)85-58-42-80(43-59-85)99(10,11)81-50-66-89(67-51-81)103(88-64-48-79(49-65-88)98(8,9)76-30-20-15-21-31-76)95-92-34-24-22-32-90(92)94(91-33-23-25-35-93(91)95)102(86-60-44-77(45-61-86)96(4,5)74-26-16-13-17-27-74)87-62-46-78(47-63-87)97(6,7)75-28-18-14-19-29-75/h13-67,70-71H,12,68H2,1-11H3. The van der Waals surface area contributed by atoms with Gasteiger partial charge in [-0.3, -0.25) is 0 Å². The number of hydrogen-bond donors (Lipinski definition) is 0. The van der Waals surface area contributed by atoms with Gasteiger partial charge in [0, 0.05) is 87.5 Å². The van der Waals surface area contributed by atoms with Gasteiger partial charge in [0.15, 0.2) is 0 Å². The topological polar surface area (TPSA) is 9.72 Å². The van der Waals surface area contributed by atoms with Crippen LogP contribution in [0.25, 0.3) is 21.5 Å². The molecule has 14 rings (SSSR count). The molecule has 0 fully saturated rings. The van der Waals surface area contributed by atoms with Crippen LogP contribution in [0.3, 0.4) is 0 Å². The summed E-state index contributed by atoms with van der Waals surface area (Å²) in [5.41, 5.74) is 23.0. The van der Waals surface area contributed by atoms with Gasteiger partial charge in [0.05, 0.1) is 11.4 Å². The van der Waals surface area contributed by atoms with Crippen molar-refractivity contribution in [2.24, 2.45) is 0 Å². The summed E-state index contributed by atoms with van der Waals surface area (Å²) in [6.45, 7) is 25.5. The summed E-state index contributed by atoms with van der Waals surface area (Å²) in [6.07, 6.45) is 2.20. The minimum absolute atomic E-state index is 0.214. The van der Waals surface area contributed by atoms with Crippen molar-refractivity contribution >= 4 is 88.7 Å². The van der Waals surface area contributed by atoms with Crippen LogP contribution in [0, 0.1) is 6.92 Å². The molecule has 4 heteroatoms. The lowest BCUT2D eigenvalue weighted by Gasteiger charge is -2.34. The van der Waals surface area contributed by atoms with E-state index in [0.29, 0.717) is 11.8 Å². The second-order valence-corrected chi connectivity index (χ2v) is 31.3. The van der Waals surface area contributed by atoms with Crippen LogP contribution in [0.4, 0.5) is 51.2 Å². The van der Waals surface area contributed by atoms with Crippen LogP contribution in [0.1, 0.15) is 155 Å². The van der Waals surface area contributed by atoms with Crippen molar-refractivity contribution in [3.8, 4) is 0 Å². The molecule has 0 amide bonds. The van der Waals surface area contributed by atoms with Crippen LogP contribution >= 0.6 is 15.9 Å². The molecule has 512 valence electrons. The fourth-order valence-electron chi connectivity index (χ4n) is 15.7. The van der Waals surface area contributed by atoms with E-state index in [9.17, 15) is 0 Å². The van der Waals surface area contributed by atoms with E-state index < -0.39 is 0 Å². The predicted molar refractivity (Wildman–Crippen MR) is 445 cm³/mol. The van der Waals surface area contributed by atoms with Crippen molar-refractivity contribution < 1.29 is 0 Å². The molecule has 0 bridgehead atoms. The zero-order chi connectivity index (χ0) is 71.6. The number of anilines is 9. The van der Waals surface area contributed by atoms with E-state index >= 15 is 0 Å². The van der Waals surface area contributed by atoms with E-state index in [2.05, 4.69) is 440 Å². The van der Waals surface area contributed by atoms with E-state index in [-0.39, 0.29) is 21.7 Å². The molecule has 0 aliphatic carbocycles. The SMILES string of the molecule is CCC(CC(C)c1ccc(N(c2ccc(C)cc2)c2ccc(C(C)(C)c3ccc(N(c4ccc(C(C)(C)c5ccccc5)cc4)c4c5ccccc5c(N(c5ccc(C(C)(C)c6ccccc6)cc5)c5ccc(C(C)(C)c6ccccc6)cc5)c5ccccc45)cc3)cc2)cc1)c1ccc(Br)cc1. The maximum absolute atomic E-state index is 3.64. The highest BCUT2D eigenvalue weighted by molar-refractivity contribution is 9.10. The Labute approximate surface area is 621 Å². The normalized spacial score (nSPS) is 12.7. The van der Waals surface area contributed by atoms with Gasteiger partial charge in [-0.1, -0.05) is 327 Å². The van der Waals surface area contributed by atoms with Gasteiger partial charge in [-0.2, -0.15) is 0 Å². The Morgan fingerprint density at radius 3 is 0.786 bits per heavy atom. The molecule has 0 N–H and O–H groups in total. The smallest absolute Gasteiger partial charge is 0.0619 e. The lowest BCUT2D eigenvalue weighted by Crippen LogP contribution is -2.20. The summed E-state index contributed by atoms with van der Waals surface area (Å²) in [5.74, 6) is 0.903. The summed E-state index contributed by atoms with van der Waals surface area (Å²) in [5, 5.41) is 4.58. The van der Waals surface area contributed by atoms with Crippen molar-refractivity contribution in [2.45, 2.75) is 122 Å². The molecule has 0 radical (unpaired) electrons. The van der Waals surface area contributed by atoms with Crippen LogP contribution < -0.4 is 14.7 Å². The molecular formula is C99H94BrN3. The molecule has 0 aromatic heterocycles. The third-order valence-electron chi connectivity index (χ3n) is 22.5. The summed E-state index contributed by atoms with van der Waals surface area (Å²) >= 11 is 3.64. The minimum atomic E-state index is -0.346. The predicted octanol–water partition coefficient (Wildman–Crippen LogP) is 28.5. The number of benzene rings is 14. The lowest BCUT2D eigenvalue weighted by molar-refractivity contribution is 0.544. The zero-order valence-corrected chi connectivity index (χ0v) is 63.1. The Morgan fingerprint density at radius 2 is 0.505 bits per heavy atom. The Balaban J connectivity index is 0.859. The molecule has 0 aliphatic rings. The van der Waals surface area contributed by atoms with E-state index in [4.69, 9.17) is 0 Å². The maximum atomic E-state index is 3.64. The van der Waals surface area contributed by atoms with Gasteiger partial charge in [-0.25, -0.2) is 0 Å². The number of hydrogen-bond acceptors (Lipinski definition) is 3. The number of aryl methyl sites for hydroxylation is 1. The molecule has 0 aliphatic heterocycles. The molecule has 0 heterocycles. The summed E-state index contributed by atoms with van der Waals surface area (Å²) in [4.78, 5) is 7.42. The van der Waals surface area contributed by atoms with E-state index in [1.807, 2.05) is 0 Å². The van der Waals surface area contributed by atoms with Gasteiger partial charge in [0.2, 0.25) is 0 Å². The molecule has 14 aromatic carbocycles. The van der Waals surface area contributed by atoms with Crippen molar-refractivity contribution in [3.63, 3.8) is 0 Å². The Bertz CT molecular complexity index is 5030. The van der Waals surface area contributed by atoms with E-state index in [1.54, 1.807) is 0 Å². The highest BCUT2D eigenvalue weighted by Gasteiger charge is 2.32. The van der Waals surface area contributed by atoms with Crippen LogP contribution in [0.5, 0.6) is 0 Å². The number of fused-ring (bicyclic) bond motifs is 2. The molecule has 3 nitrogen and oxygen atoms in total. The first-order valence-electron chi connectivity index (χ1n) is 36.7. The zero-order valence-electron chi connectivity index (χ0n) is 61.5. The summed E-state index contributed by atoms with van der Waals surface area (Å²) in [6, 6.07) is 125. The minimum Gasteiger partial charge on any atom is -0.311 e. The Morgan fingerprint density at radius 1 is 0.272 bits per heavy atom. The van der Waals surface area contributed by atoms with E-state index in [0.717, 1.165) is 90.0 Å². The third kappa shape index (κ3) is 13.9. The molecule has 14 aromatic rings. The van der Waals surface area contributed by atoms with Crippen LogP contribution in [-0.2, 0) is 21.7 Å². The quantitative estimate of drug-likeness (QED) is 0.0495. The lowest BCUT2D eigenvalue weighted by atomic mass is 9.78. The molecular weight excluding hydrogens is 1310 g/mol. The molecule has 103 heavy (non-hydrogen) atoms. The Hall–Kier alpha value is -10.5. The van der Waals surface area contributed by atoms with Gasteiger partial charge in [-0.15, -0.1) is 0 Å². The van der Waals surface area contributed by atoms with Crippen LogP contribution in [0.2, 0.25) is 0 Å². The molecule has 0 saturated heterocycles. The average Bonchev–Trinajstić information content (AvgIpc) is 0.725. The maximum Gasteiger partial charge on any atom is 0.0619 e. The number of halogens is 1. The summed E-state index contributed by atoms with van der Waals surface area (Å²) < 4.78 is 1.12. The van der Waals surface area contributed by atoms with Crippen LogP contribution in [-0.4, -0.2) is 0 Å². The van der Waals surface area contributed by atoms with Gasteiger partial charge in [0.1, 0.15) is 0 Å². The second kappa shape index (κ2) is 29.1.